The lowest BCUT2D eigenvalue weighted by atomic mass is 9.90. The van der Waals surface area contributed by atoms with Crippen molar-refractivity contribution in [1.29, 1.82) is 0 Å². The van der Waals surface area contributed by atoms with Crippen molar-refractivity contribution in [3.63, 3.8) is 0 Å². The molecule has 0 radical (unpaired) electrons. The quantitative estimate of drug-likeness (QED) is 0.678. The summed E-state index contributed by atoms with van der Waals surface area (Å²) in [7, 11) is 0. The van der Waals surface area contributed by atoms with Crippen LogP contribution in [0.5, 0.6) is 0 Å². The molecule has 0 spiro atoms. The summed E-state index contributed by atoms with van der Waals surface area (Å²) >= 11 is 0. The Labute approximate surface area is 119 Å². The number of rotatable bonds is 4. The molecule has 0 bridgehead atoms. The first-order valence-electron chi connectivity index (χ1n) is 7.30. The van der Waals surface area contributed by atoms with Crippen molar-refractivity contribution >= 4 is 11.4 Å². The van der Waals surface area contributed by atoms with Gasteiger partial charge in [-0.25, -0.2) is 0 Å². The fraction of sp³-hybridized carbons (Fsp3) is 0.600. The third-order valence-corrected chi connectivity index (χ3v) is 4.16. The van der Waals surface area contributed by atoms with Gasteiger partial charge < -0.3 is 10.6 Å². The van der Waals surface area contributed by atoms with E-state index in [1.807, 2.05) is 19.1 Å². The highest BCUT2D eigenvalue weighted by Gasteiger charge is 2.27. The van der Waals surface area contributed by atoms with E-state index in [1.165, 1.54) is 0 Å². The van der Waals surface area contributed by atoms with Gasteiger partial charge in [-0.15, -0.1) is 0 Å². The Morgan fingerprint density at radius 2 is 2.00 bits per heavy atom. The molecule has 1 fully saturated rings. The van der Waals surface area contributed by atoms with Crippen LogP contribution in [-0.2, 0) is 0 Å². The van der Waals surface area contributed by atoms with Crippen LogP contribution in [0.25, 0.3) is 0 Å². The summed E-state index contributed by atoms with van der Waals surface area (Å²) in [6, 6.07) is 6.14. The van der Waals surface area contributed by atoms with Crippen molar-refractivity contribution in [2.75, 3.05) is 11.4 Å². The van der Waals surface area contributed by atoms with Gasteiger partial charge in [0.15, 0.2) is 0 Å². The second kappa shape index (κ2) is 6.22. The zero-order valence-corrected chi connectivity index (χ0v) is 12.2. The number of benzene rings is 1. The average Bonchev–Trinajstić information content (AvgIpc) is 2.43. The van der Waals surface area contributed by atoms with Gasteiger partial charge in [0.05, 0.1) is 4.92 Å². The van der Waals surface area contributed by atoms with Crippen molar-refractivity contribution < 1.29 is 4.92 Å². The molecule has 0 atom stereocenters. The van der Waals surface area contributed by atoms with E-state index in [0.717, 1.165) is 43.5 Å². The summed E-state index contributed by atoms with van der Waals surface area (Å²) in [5, 5.41) is 11.3. The summed E-state index contributed by atoms with van der Waals surface area (Å²) < 4.78 is 0. The first kappa shape index (κ1) is 14.8. The normalized spacial score (nSPS) is 22.6. The van der Waals surface area contributed by atoms with Crippen LogP contribution in [0.4, 0.5) is 11.4 Å². The molecule has 5 nitrogen and oxygen atoms in total. The number of nitro groups is 1. The Kier molecular flexibility index (Phi) is 4.60. The molecule has 5 heteroatoms. The van der Waals surface area contributed by atoms with Gasteiger partial charge in [-0.2, -0.15) is 0 Å². The molecule has 1 aliphatic rings. The molecule has 1 aromatic carbocycles. The minimum Gasteiger partial charge on any atom is -0.363 e. The Hall–Kier alpha value is -1.62. The Morgan fingerprint density at radius 1 is 1.35 bits per heavy atom. The van der Waals surface area contributed by atoms with E-state index in [0.29, 0.717) is 6.04 Å². The standard InChI is InChI=1S/C15H23N3O2/c1-3-17(13-7-5-12(16)6-8-13)14-9-4-11(2)10-15(14)18(19)20/h4,9-10,12-13H,3,5-8,16H2,1-2H3. The molecule has 1 saturated carbocycles. The molecule has 110 valence electrons. The van der Waals surface area contributed by atoms with Crippen LogP contribution >= 0.6 is 0 Å². The molecule has 20 heavy (non-hydrogen) atoms. The zero-order valence-electron chi connectivity index (χ0n) is 12.2. The highest BCUT2D eigenvalue weighted by molar-refractivity contribution is 5.64. The molecule has 0 aliphatic heterocycles. The molecular formula is C15H23N3O2. The van der Waals surface area contributed by atoms with Gasteiger partial charge in [-0.3, -0.25) is 10.1 Å². The van der Waals surface area contributed by atoms with Crippen molar-refractivity contribution in [1.82, 2.24) is 0 Å². The molecule has 0 amide bonds. The van der Waals surface area contributed by atoms with Crippen LogP contribution < -0.4 is 10.6 Å². The summed E-state index contributed by atoms with van der Waals surface area (Å²) in [6.07, 6.45) is 4.03. The van der Waals surface area contributed by atoms with Crippen molar-refractivity contribution in [2.45, 2.75) is 51.6 Å². The summed E-state index contributed by atoms with van der Waals surface area (Å²) in [4.78, 5) is 13.2. The monoisotopic (exact) mass is 277 g/mol. The van der Waals surface area contributed by atoms with Crippen LogP contribution in [0.3, 0.4) is 0 Å². The van der Waals surface area contributed by atoms with Gasteiger partial charge >= 0.3 is 0 Å². The summed E-state index contributed by atoms with van der Waals surface area (Å²) in [5.74, 6) is 0. The van der Waals surface area contributed by atoms with E-state index >= 15 is 0 Å². The van der Waals surface area contributed by atoms with E-state index in [-0.39, 0.29) is 16.7 Å². The predicted molar refractivity (Wildman–Crippen MR) is 81.1 cm³/mol. The first-order chi connectivity index (χ1) is 9.52. The maximum absolute atomic E-state index is 11.3. The molecule has 0 saturated heterocycles. The fourth-order valence-corrected chi connectivity index (χ4v) is 3.06. The third-order valence-electron chi connectivity index (χ3n) is 4.16. The second-order valence-electron chi connectivity index (χ2n) is 5.60. The summed E-state index contributed by atoms with van der Waals surface area (Å²) in [5.41, 5.74) is 7.82. The molecule has 0 heterocycles. The number of hydrogen-bond donors (Lipinski definition) is 1. The van der Waals surface area contributed by atoms with Gasteiger partial charge in [0.2, 0.25) is 0 Å². The van der Waals surface area contributed by atoms with Crippen LogP contribution in [0.1, 0.15) is 38.2 Å². The molecule has 1 aromatic rings. The minimum absolute atomic E-state index is 0.210. The van der Waals surface area contributed by atoms with Crippen LogP contribution in [0.2, 0.25) is 0 Å². The van der Waals surface area contributed by atoms with E-state index in [2.05, 4.69) is 11.8 Å². The Balaban J connectivity index is 2.29. The minimum atomic E-state index is -0.278. The van der Waals surface area contributed by atoms with Crippen LogP contribution in [0.15, 0.2) is 18.2 Å². The predicted octanol–water partition coefficient (Wildman–Crippen LogP) is 3.00. The molecule has 2 rings (SSSR count). The number of hydrogen-bond acceptors (Lipinski definition) is 4. The van der Waals surface area contributed by atoms with Gasteiger partial charge in [-0.1, -0.05) is 6.07 Å². The molecule has 2 N–H and O–H groups in total. The van der Waals surface area contributed by atoms with Crippen molar-refractivity contribution in [3.8, 4) is 0 Å². The molecule has 0 unspecified atom stereocenters. The average molecular weight is 277 g/mol. The summed E-state index contributed by atoms with van der Waals surface area (Å²) in [6.45, 7) is 4.72. The van der Waals surface area contributed by atoms with Crippen LogP contribution in [0, 0.1) is 17.0 Å². The topological polar surface area (TPSA) is 72.4 Å². The molecule has 1 aliphatic carbocycles. The fourth-order valence-electron chi connectivity index (χ4n) is 3.06. The van der Waals surface area contributed by atoms with Gasteiger partial charge in [-0.05, 0) is 51.2 Å². The SMILES string of the molecule is CCN(c1ccc(C)cc1[N+](=O)[O-])C1CCC(N)CC1. The van der Waals surface area contributed by atoms with Gasteiger partial charge in [0.25, 0.3) is 5.69 Å². The lowest BCUT2D eigenvalue weighted by molar-refractivity contribution is -0.384. The second-order valence-corrected chi connectivity index (χ2v) is 5.60. The number of nitrogens with two attached hydrogens (primary N) is 1. The van der Waals surface area contributed by atoms with E-state index in [4.69, 9.17) is 5.73 Å². The number of anilines is 1. The maximum Gasteiger partial charge on any atom is 0.292 e. The van der Waals surface area contributed by atoms with E-state index in [1.54, 1.807) is 6.07 Å². The lowest BCUT2D eigenvalue weighted by Crippen LogP contribution is -2.41. The van der Waals surface area contributed by atoms with E-state index in [9.17, 15) is 10.1 Å². The molecule has 0 aromatic heterocycles. The smallest absolute Gasteiger partial charge is 0.292 e. The third kappa shape index (κ3) is 3.10. The number of nitrogens with zero attached hydrogens (tertiary/aromatic N) is 2. The first-order valence-corrected chi connectivity index (χ1v) is 7.30. The molecular weight excluding hydrogens is 254 g/mol. The largest absolute Gasteiger partial charge is 0.363 e. The Morgan fingerprint density at radius 3 is 2.55 bits per heavy atom. The van der Waals surface area contributed by atoms with Gasteiger partial charge in [0, 0.05) is 24.7 Å². The van der Waals surface area contributed by atoms with Crippen molar-refractivity contribution in [3.05, 3.63) is 33.9 Å². The van der Waals surface area contributed by atoms with E-state index < -0.39 is 0 Å². The lowest BCUT2D eigenvalue weighted by Gasteiger charge is -2.36. The van der Waals surface area contributed by atoms with Crippen LogP contribution in [-0.4, -0.2) is 23.6 Å². The maximum atomic E-state index is 11.3. The zero-order chi connectivity index (χ0) is 14.7. The van der Waals surface area contributed by atoms with Gasteiger partial charge in [0.1, 0.15) is 5.69 Å². The van der Waals surface area contributed by atoms with Crippen molar-refractivity contribution in [2.24, 2.45) is 5.73 Å². The number of nitro benzene ring substituents is 1. The highest BCUT2D eigenvalue weighted by atomic mass is 16.6. The Bertz CT molecular complexity index is 482. The highest BCUT2D eigenvalue weighted by Crippen LogP contribution is 2.33. The number of aryl methyl sites for hydroxylation is 1.